The van der Waals surface area contributed by atoms with Crippen LogP contribution in [-0.4, -0.2) is 37.0 Å². The van der Waals surface area contributed by atoms with Crippen LogP contribution >= 0.6 is 12.4 Å². The normalized spacial score (nSPS) is 15.0. The second kappa shape index (κ2) is 7.42. The Labute approximate surface area is 134 Å². The molecule has 0 spiro atoms. The van der Waals surface area contributed by atoms with Gasteiger partial charge in [-0.05, 0) is 37.2 Å². The summed E-state index contributed by atoms with van der Waals surface area (Å²) in [5, 5.41) is 3.25. The Morgan fingerprint density at radius 1 is 1.14 bits per heavy atom. The van der Waals surface area contributed by atoms with E-state index in [4.69, 9.17) is 4.42 Å². The summed E-state index contributed by atoms with van der Waals surface area (Å²) >= 11 is 0. The third-order valence-electron chi connectivity index (χ3n) is 3.58. The average molecular weight is 325 g/mol. The Balaban J connectivity index is 0.00000176. The number of hydrogen-bond acceptors (Lipinski definition) is 3. The van der Waals surface area contributed by atoms with Crippen LogP contribution in [0.4, 0.5) is 4.39 Å². The van der Waals surface area contributed by atoms with E-state index in [1.807, 2.05) is 0 Å². The van der Waals surface area contributed by atoms with Crippen molar-refractivity contribution < 1.29 is 13.6 Å². The van der Waals surface area contributed by atoms with Crippen LogP contribution in [0.15, 0.2) is 40.8 Å². The van der Waals surface area contributed by atoms with E-state index in [0.29, 0.717) is 24.4 Å². The third kappa shape index (κ3) is 3.48. The molecule has 2 heterocycles. The van der Waals surface area contributed by atoms with Gasteiger partial charge in [-0.3, -0.25) is 4.79 Å². The van der Waals surface area contributed by atoms with E-state index in [0.717, 1.165) is 19.5 Å². The van der Waals surface area contributed by atoms with Gasteiger partial charge in [0.05, 0.1) is 5.56 Å². The fraction of sp³-hybridized carbons (Fsp3) is 0.312. The minimum Gasteiger partial charge on any atom is -0.451 e. The number of amides is 1. The van der Waals surface area contributed by atoms with Crippen molar-refractivity contribution in [2.45, 2.75) is 6.42 Å². The molecular formula is C16H18ClFN2O2. The number of hydrogen-bond donors (Lipinski definition) is 1. The van der Waals surface area contributed by atoms with Crippen molar-refractivity contribution >= 4 is 18.3 Å². The fourth-order valence-electron chi connectivity index (χ4n) is 2.46. The molecule has 1 aliphatic heterocycles. The minimum atomic E-state index is -0.357. The number of rotatable bonds is 2. The summed E-state index contributed by atoms with van der Waals surface area (Å²) in [5.74, 6) is 0.144. The van der Waals surface area contributed by atoms with E-state index in [1.165, 1.54) is 6.07 Å². The van der Waals surface area contributed by atoms with Crippen LogP contribution < -0.4 is 5.32 Å². The SMILES string of the molecule is Cl.O=C(c1ccc(-c2ccccc2F)o1)N1CCCNCC1. The average Bonchev–Trinajstić information content (AvgIpc) is 2.82. The van der Waals surface area contributed by atoms with Crippen LogP contribution in [0.2, 0.25) is 0 Å². The van der Waals surface area contributed by atoms with Gasteiger partial charge in [0.25, 0.3) is 5.91 Å². The van der Waals surface area contributed by atoms with Gasteiger partial charge in [0.15, 0.2) is 5.76 Å². The molecule has 0 atom stereocenters. The van der Waals surface area contributed by atoms with Crippen LogP contribution in [0.1, 0.15) is 17.0 Å². The molecule has 0 radical (unpaired) electrons. The van der Waals surface area contributed by atoms with E-state index < -0.39 is 0 Å². The molecule has 1 amide bonds. The molecular weight excluding hydrogens is 307 g/mol. The molecule has 4 nitrogen and oxygen atoms in total. The maximum absolute atomic E-state index is 13.7. The van der Waals surface area contributed by atoms with Crippen LogP contribution in [0, 0.1) is 5.82 Å². The molecule has 1 N–H and O–H groups in total. The quantitative estimate of drug-likeness (QED) is 0.924. The second-order valence-electron chi connectivity index (χ2n) is 5.04. The van der Waals surface area contributed by atoms with Crippen molar-refractivity contribution in [2.75, 3.05) is 26.2 Å². The molecule has 1 aliphatic rings. The predicted molar refractivity (Wildman–Crippen MR) is 84.7 cm³/mol. The predicted octanol–water partition coefficient (Wildman–Crippen LogP) is 2.94. The summed E-state index contributed by atoms with van der Waals surface area (Å²) < 4.78 is 19.3. The molecule has 3 rings (SSSR count). The highest BCUT2D eigenvalue weighted by Gasteiger charge is 2.21. The molecule has 1 aromatic heterocycles. The lowest BCUT2D eigenvalue weighted by atomic mass is 10.1. The van der Waals surface area contributed by atoms with Crippen LogP contribution in [0.5, 0.6) is 0 Å². The van der Waals surface area contributed by atoms with E-state index >= 15 is 0 Å². The molecule has 1 aromatic carbocycles. The van der Waals surface area contributed by atoms with Crippen molar-refractivity contribution in [3.63, 3.8) is 0 Å². The van der Waals surface area contributed by atoms with Crippen molar-refractivity contribution in [3.05, 3.63) is 48.0 Å². The van der Waals surface area contributed by atoms with Crippen molar-refractivity contribution in [1.82, 2.24) is 10.2 Å². The van der Waals surface area contributed by atoms with Gasteiger partial charge < -0.3 is 14.6 Å². The number of halogens is 2. The topological polar surface area (TPSA) is 45.5 Å². The maximum Gasteiger partial charge on any atom is 0.289 e. The number of carbonyl (C=O) groups is 1. The summed E-state index contributed by atoms with van der Waals surface area (Å²) in [6.45, 7) is 3.07. The zero-order chi connectivity index (χ0) is 14.7. The smallest absolute Gasteiger partial charge is 0.289 e. The number of nitrogens with zero attached hydrogens (tertiary/aromatic N) is 1. The van der Waals surface area contributed by atoms with Gasteiger partial charge in [0.1, 0.15) is 11.6 Å². The minimum absolute atomic E-state index is 0. The van der Waals surface area contributed by atoms with E-state index in [9.17, 15) is 9.18 Å². The Kier molecular flexibility index (Phi) is 5.57. The van der Waals surface area contributed by atoms with Gasteiger partial charge in [-0.15, -0.1) is 12.4 Å². The largest absolute Gasteiger partial charge is 0.451 e. The molecule has 0 saturated carbocycles. The van der Waals surface area contributed by atoms with Gasteiger partial charge in [0, 0.05) is 19.6 Å². The Bertz CT molecular complexity index is 637. The number of furan rings is 1. The van der Waals surface area contributed by atoms with Gasteiger partial charge in [-0.25, -0.2) is 4.39 Å². The van der Waals surface area contributed by atoms with E-state index in [2.05, 4.69) is 5.32 Å². The molecule has 22 heavy (non-hydrogen) atoms. The molecule has 6 heteroatoms. The van der Waals surface area contributed by atoms with Gasteiger partial charge >= 0.3 is 0 Å². The number of nitrogens with one attached hydrogen (secondary N) is 1. The maximum atomic E-state index is 13.7. The highest BCUT2D eigenvalue weighted by molar-refractivity contribution is 5.92. The third-order valence-corrected chi connectivity index (χ3v) is 3.58. The summed E-state index contributed by atoms with van der Waals surface area (Å²) in [6.07, 6.45) is 0.923. The lowest BCUT2D eigenvalue weighted by Crippen LogP contribution is -2.33. The van der Waals surface area contributed by atoms with Crippen LogP contribution in [0.3, 0.4) is 0 Å². The highest BCUT2D eigenvalue weighted by Crippen LogP contribution is 2.25. The monoisotopic (exact) mass is 324 g/mol. The highest BCUT2D eigenvalue weighted by atomic mass is 35.5. The first-order valence-electron chi connectivity index (χ1n) is 7.10. The molecule has 0 aliphatic carbocycles. The van der Waals surface area contributed by atoms with Crippen LogP contribution in [-0.2, 0) is 0 Å². The summed E-state index contributed by atoms with van der Waals surface area (Å²) in [4.78, 5) is 14.2. The molecule has 1 fully saturated rings. The van der Waals surface area contributed by atoms with E-state index in [-0.39, 0.29) is 29.9 Å². The summed E-state index contributed by atoms with van der Waals surface area (Å²) in [7, 11) is 0. The van der Waals surface area contributed by atoms with Crippen molar-refractivity contribution in [3.8, 4) is 11.3 Å². The zero-order valence-corrected chi connectivity index (χ0v) is 12.9. The van der Waals surface area contributed by atoms with Crippen molar-refractivity contribution in [1.29, 1.82) is 0 Å². The first-order chi connectivity index (χ1) is 10.3. The van der Waals surface area contributed by atoms with Gasteiger partial charge in [0.2, 0.25) is 0 Å². The zero-order valence-electron chi connectivity index (χ0n) is 12.0. The number of benzene rings is 1. The standard InChI is InChI=1S/C16H17FN2O2.ClH/c17-13-5-2-1-4-12(13)14-6-7-15(21-14)16(20)19-10-3-8-18-9-11-19;/h1-2,4-7,18H,3,8-11H2;1H. The Morgan fingerprint density at radius 2 is 1.95 bits per heavy atom. The summed E-state index contributed by atoms with van der Waals surface area (Å²) in [5.41, 5.74) is 0.370. The molecule has 1 saturated heterocycles. The Morgan fingerprint density at radius 3 is 2.77 bits per heavy atom. The van der Waals surface area contributed by atoms with Crippen molar-refractivity contribution in [2.24, 2.45) is 0 Å². The van der Waals surface area contributed by atoms with E-state index in [1.54, 1.807) is 35.2 Å². The lowest BCUT2D eigenvalue weighted by molar-refractivity contribution is 0.0735. The second-order valence-corrected chi connectivity index (χ2v) is 5.04. The first kappa shape index (κ1) is 16.5. The lowest BCUT2D eigenvalue weighted by Gasteiger charge is -2.18. The molecule has 0 unspecified atom stereocenters. The molecule has 118 valence electrons. The molecule has 0 bridgehead atoms. The van der Waals surface area contributed by atoms with Crippen LogP contribution in [0.25, 0.3) is 11.3 Å². The summed E-state index contributed by atoms with van der Waals surface area (Å²) in [6, 6.07) is 9.63. The fourth-order valence-corrected chi connectivity index (χ4v) is 2.46. The van der Waals surface area contributed by atoms with Gasteiger partial charge in [-0.1, -0.05) is 12.1 Å². The van der Waals surface area contributed by atoms with Gasteiger partial charge in [-0.2, -0.15) is 0 Å². The Hall–Kier alpha value is -1.85. The first-order valence-corrected chi connectivity index (χ1v) is 7.10. The molecule has 2 aromatic rings. The number of carbonyl (C=O) groups excluding carboxylic acids is 1.